The van der Waals surface area contributed by atoms with Crippen molar-refractivity contribution >= 4 is 46.4 Å². The first-order chi connectivity index (χ1) is 27.5. The monoisotopic (exact) mass is 805 g/mol. The number of benzene rings is 2. The zero-order chi connectivity index (χ0) is 39.8. The predicted octanol–water partition coefficient (Wildman–Crippen LogP) is 15.8. The lowest BCUT2D eigenvalue weighted by Crippen LogP contribution is -2.31. The number of fused-ring (bicyclic) bond motifs is 1. The van der Waals surface area contributed by atoms with Gasteiger partial charge in [-0.05, 0) is 48.2 Å². The molecule has 0 aromatic heterocycles. The minimum absolute atomic E-state index is 0.0681. The highest BCUT2D eigenvalue weighted by molar-refractivity contribution is 6.32. The molecule has 2 heterocycles. The summed E-state index contributed by atoms with van der Waals surface area (Å²) in [6.45, 7) is 5.75. The van der Waals surface area contributed by atoms with Crippen LogP contribution in [0, 0.1) is 0 Å². The highest BCUT2D eigenvalue weighted by atomic mass is 35.5. The Balaban J connectivity index is 1.33. The van der Waals surface area contributed by atoms with Crippen LogP contribution in [0.4, 0.5) is 0 Å². The Morgan fingerprint density at radius 1 is 0.357 bits per heavy atom. The van der Waals surface area contributed by atoms with E-state index < -0.39 is 0 Å². The van der Waals surface area contributed by atoms with E-state index >= 15 is 0 Å². The van der Waals surface area contributed by atoms with E-state index in [2.05, 4.69) is 13.8 Å². The molecule has 0 aliphatic carbocycles. The number of rotatable bonds is 32. The first-order valence-corrected chi connectivity index (χ1v) is 23.9. The fourth-order valence-corrected chi connectivity index (χ4v) is 8.82. The summed E-state index contributed by atoms with van der Waals surface area (Å²) >= 11 is 12.6. The van der Waals surface area contributed by atoms with Crippen LogP contribution < -0.4 is 0 Å². The molecule has 0 saturated carbocycles. The Bertz CT molecular complexity index is 1380. The molecule has 2 aliphatic rings. The van der Waals surface area contributed by atoms with Crippen LogP contribution in [-0.2, 0) is 9.59 Å². The number of hydrogen-bond acceptors (Lipinski definition) is 2. The molecule has 0 radical (unpaired) electrons. The van der Waals surface area contributed by atoms with Gasteiger partial charge in [-0.2, -0.15) is 0 Å². The summed E-state index contributed by atoms with van der Waals surface area (Å²) in [6, 6.07) is 15.2. The van der Waals surface area contributed by atoms with Crippen molar-refractivity contribution in [2.75, 3.05) is 13.1 Å². The zero-order valence-corrected chi connectivity index (χ0v) is 36.8. The van der Waals surface area contributed by atoms with Crippen LogP contribution in [0.5, 0.6) is 0 Å². The average molecular weight is 806 g/mol. The molecule has 2 aromatic carbocycles. The van der Waals surface area contributed by atoms with Gasteiger partial charge in [0.15, 0.2) is 0 Å². The molecule has 6 heteroatoms. The van der Waals surface area contributed by atoms with Crippen LogP contribution in [0.25, 0.3) is 11.4 Å². The summed E-state index contributed by atoms with van der Waals surface area (Å²) in [5.41, 5.74) is 4.27. The van der Waals surface area contributed by atoms with Gasteiger partial charge in [0, 0.05) is 23.1 Å². The van der Waals surface area contributed by atoms with Crippen molar-refractivity contribution in [2.45, 2.75) is 194 Å². The summed E-state index contributed by atoms with van der Waals surface area (Å²) < 4.78 is 0. The SMILES string of the molecule is CCCCCCCCCCCCCCCCN1C(=O)C2=C(c3ccc(Cl)cc3)N(CCCCCCCCCCCCCCCC)C(=O)C2=C1c1ccc(Cl)cc1. The molecule has 0 fully saturated rings. The molecule has 2 aliphatic heterocycles. The summed E-state index contributed by atoms with van der Waals surface area (Å²) in [4.78, 5) is 32.8. The minimum Gasteiger partial charge on any atom is -0.307 e. The average Bonchev–Trinajstić information content (AvgIpc) is 3.65. The second kappa shape index (κ2) is 27.2. The Kier molecular flexibility index (Phi) is 22.4. The van der Waals surface area contributed by atoms with Gasteiger partial charge in [-0.15, -0.1) is 0 Å². The normalized spacial score (nSPS) is 14.3. The summed E-state index contributed by atoms with van der Waals surface area (Å²) in [7, 11) is 0. The fourth-order valence-electron chi connectivity index (χ4n) is 8.57. The van der Waals surface area contributed by atoms with Gasteiger partial charge in [0.1, 0.15) is 0 Å². The number of carbonyl (C=O) groups excluding carboxylic acids is 2. The summed E-state index contributed by atoms with van der Waals surface area (Å²) in [5, 5.41) is 1.27. The minimum atomic E-state index is -0.0681. The van der Waals surface area contributed by atoms with E-state index in [0.717, 1.165) is 48.2 Å². The molecule has 0 spiro atoms. The molecule has 0 bridgehead atoms. The van der Waals surface area contributed by atoms with E-state index in [1.807, 2.05) is 58.3 Å². The van der Waals surface area contributed by atoms with Gasteiger partial charge in [0.05, 0.1) is 22.5 Å². The van der Waals surface area contributed by atoms with E-state index in [1.165, 1.54) is 154 Å². The Labute approximate surface area is 351 Å². The Morgan fingerprint density at radius 3 is 0.839 bits per heavy atom. The fraction of sp³-hybridized carbons (Fsp3) is 0.640. The summed E-state index contributed by atoms with van der Waals surface area (Å²) in [6.07, 6.45) is 36.0. The second-order valence-corrected chi connectivity index (χ2v) is 17.4. The maximum atomic E-state index is 14.5. The van der Waals surface area contributed by atoms with Crippen molar-refractivity contribution in [3.8, 4) is 0 Å². The van der Waals surface area contributed by atoms with Crippen LogP contribution >= 0.6 is 23.2 Å². The van der Waals surface area contributed by atoms with Crippen molar-refractivity contribution in [1.29, 1.82) is 0 Å². The molecule has 4 rings (SSSR count). The van der Waals surface area contributed by atoms with E-state index in [1.54, 1.807) is 0 Å². The molecular formula is C50H74Cl2N2O2. The third kappa shape index (κ3) is 15.0. The lowest BCUT2D eigenvalue weighted by molar-refractivity contribution is -0.124. The first-order valence-electron chi connectivity index (χ1n) is 23.1. The maximum absolute atomic E-state index is 14.5. The number of amides is 2. The molecule has 2 aromatic rings. The zero-order valence-electron chi connectivity index (χ0n) is 35.3. The highest BCUT2D eigenvalue weighted by Crippen LogP contribution is 2.47. The Morgan fingerprint density at radius 2 is 0.589 bits per heavy atom. The maximum Gasteiger partial charge on any atom is 0.261 e. The van der Waals surface area contributed by atoms with Gasteiger partial charge >= 0.3 is 0 Å². The number of halogens is 2. The third-order valence-electron chi connectivity index (χ3n) is 11.9. The van der Waals surface area contributed by atoms with Crippen molar-refractivity contribution in [1.82, 2.24) is 9.80 Å². The van der Waals surface area contributed by atoms with Crippen LogP contribution in [0.3, 0.4) is 0 Å². The van der Waals surface area contributed by atoms with Gasteiger partial charge in [-0.25, -0.2) is 0 Å². The second-order valence-electron chi connectivity index (χ2n) is 16.6. The van der Waals surface area contributed by atoms with Crippen molar-refractivity contribution in [3.05, 3.63) is 80.8 Å². The van der Waals surface area contributed by atoms with Gasteiger partial charge in [-0.3, -0.25) is 9.59 Å². The molecule has 56 heavy (non-hydrogen) atoms. The van der Waals surface area contributed by atoms with E-state index in [-0.39, 0.29) is 11.8 Å². The van der Waals surface area contributed by atoms with Crippen molar-refractivity contribution in [2.24, 2.45) is 0 Å². The number of carbonyl (C=O) groups is 2. The molecule has 0 N–H and O–H groups in total. The number of hydrogen-bond donors (Lipinski definition) is 0. The van der Waals surface area contributed by atoms with Gasteiger partial charge in [-0.1, -0.05) is 228 Å². The van der Waals surface area contributed by atoms with Crippen molar-refractivity contribution in [3.63, 3.8) is 0 Å². The lowest BCUT2D eigenvalue weighted by atomic mass is 10.0. The van der Waals surface area contributed by atoms with E-state index in [9.17, 15) is 9.59 Å². The molecule has 0 unspecified atom stereocenters. The lowest BCUT2D eigenvalue weighted by Gasteiger charge is -2.25. The van der Waals surface area contributed by atoms with Crippen LogP contribution in [0.1, 0.15) is 205 Å². The van der Waals surface area contributed by atoms with Crippen LogP contribution in [0.15, 0.2) is 59.7 Å². The standard InChI is InChI=1S/C50H74Cl2N2O2/c1-3-5-7-9-11-13-15-17-19-21-23-25-27-29-39-53-47(41-31-35-43(51)36-32-41)45-46(49(53)55)48(42-33-37-44(52)38-34-42)54(50(45)56)40-30-28-26-24-22-20-18-16-14-12-10-8-6-4-2/h31-38H,3-30,39-40H2,1-2H3. The first kappa shape index (κ1) is 46.1. The quantitative estimate of drug-likeness (QED) is 0.0691. The predicted molar refractivity (Wildman–Crippen MR) is 241 cm³/mol. The Hall–Kier alpha value is -2.56. The number of unbranched alkanes of at least 4 members (excludes halogenated alkanes) is 26. The molecule has 4 nitrogen and oxygen atoms in total. The van der Waals surface area contributed by atoms with Crippen LogP contribution in [0.2, 0.25) is 10.0 Å². The van der Waals surface area contributed by atoms with E-state index in [4.69, 9.17) is 23.2 Å². The van der Waals surface area contributed by atoms with Gasteiger partial charge in [0.2, 0.25) is 0 Å². The number of nitrogens with zero attached hydrogens (tertiary/aromatic N) is 2. The van der Waals surface area contributed by atoms with Gasteiger partial charge < -0.3 is 9.80 Å². The molecule has 0 atom stereocenters. The highest BCUT2D eigenvalue weighted by Gasteiger charge is 2.48. The van der Waals surface area contributed by atoms with Crippen molar-refractivity contribution < 1.29 is 9.59 Å². The molecule has 0 saturated heterocycles. The molecule has 310 valence electrons. The summed E-state index contributed by atoms with van der Waals surface area (Å²) in [5.74, 6) is -0.136. The molecular weight excluding hydrogens is 731 g/mol. The smallest absolute Gasteiger partial charge is 0.261 e. The third-order valence-corrected chi connectivity index (χ3v) is 12.4. The van der Waals surface area contributed by atoms with Crippen LogP contribution in [-0.4, -0.2) is 34.7 Å². The van der Waals surface area contributed by atoms with E-state index in [0.29, 0.717) is 34.3 Å². The van der Waals surface area contributed by atoms with Gasteiger partial charge in [0.25, 0.3) is 11.8 Å². The molecule has 2 amide bonds. The topological polar surface area (TPSA) is 40.6 Å². The largest absolute Gasteiger partial charge is 0.307 e.